The zero-order valence-corrected chi connectivity index (χ0v) is 12.3. The summed E-state index contributed by atoms with van der Waals surface area (Å²) in [6, 6.07) is 1.24. The van der Waals surface area contributed by atoms with Gasteiger partial charge in [0.15, 0.2) is 0 Å². The summed E-state index contributed by atoms with van der Waals surface area (Å²) in [7, 11) is -3.53. The van der Waals surface area contributed by atoms with E-state index in [0.29, 0.717) is 19.0 Å². The van der Waals surface area contributed by atoms with E-state index in [-0.39, 0.29) is 9.77 Å². The van der Waals surface area contributed by atoms with Crippen LogP contribution in [0.4, 0.5) is 0 Å². The SMILES string of the molecule is CCC1CCN(S(=O)(=O)c2csc(C(=O)O)c2)CC1. The predicted molar refractivity (Wildman–Crippen MR) is 73.1 cm³/mol. The highest BCUT2D eigenvalue weighted by Crippen LogP contribution is 2.27. The molecule has 1 saturated heterocycles. The zero-order valence-electron chi connectivity index (χ0n) is 10.7. The average molecular weight is 303 g/mol. The summed E-state index contributed by atoms with van der Waals surface area (Å²) in [4.78, 5) is 11.0. The van der Waals surface area contributed by atoms with Crippen molar-refractivity contribution in [2.75, 3.05) is 13.1 Å². The fourth-order valence-electron chi connectivity index (χ4n) is 2.27. The normalized spacial score (nSPS) is 18.6. The zero-order chi connectivity index (χ0) is 14.0. The Kier molecular flexibility index (Phi) is 4.27. The lowest BCUT2D eigenvalue weighted by Crippen LogP contribution is -2.38. The quantitative estimate of drug-likeness (QED) is 0.925. The van der Waals surface area contributed by atoms with Gasteiger partial charge in [0.05, 0.1) is 4.90 Å². The Morgan fingerprint density at radius 1 is 1.47 bits per heavy atom. The Balaban J connectivity index is 2.16. The van der Waals surface area contributed by atoms with Crippen LogP contribution in [0, 0.1) is 5.92 Å². The van der Waals surface area contributed by atoms with Gasteiger partial charge in [0.25, 0.3) is 0 Å². The second-order valence-electron chi connectivity index (χ2n) is 4.71. The molecule has 0 bridgehead atoms. The van der Waals surface area contributed by atoms with Gasteiger partial charge in [0, 0.05) is 18.5 Å². The fraction of sp³-hybridized carbons (Fsp3) is 0.583. The second kappa shape index (κ2) is 5.60. The highest BCUT2D eigenvalue weighted by molar-refractivity contribution is 7.89. The Morgan fingerprint density at radius 2 is 2.11 bits per heavy atom. The molecule has 0 amide bonds. The van der Waals surface area contributed by atoms with Crippen LogP contribution < -0.4 is 0 Å². The molecule has 0 unspecified atom stereocenters. The number of carbonyl (C=O) groups is 1. The molecule has 0 spiro atoms. The van der Waals surface area contributed by atoms with Gasteiger partial charge in [0.1, 0.15) is 4.88 Å². The molecule has 7 heteroatoms. The summed E-state index contributed by atoms with van der Waals surface area (Å²) in [6.45, 7) is 3.17. The molecular weight excluding hydrogens is 286 g/mol. The van der Waals surface area contributed by atoms with Gasteiger partial charge in [-0.25, -0.2) is 13.2 Å². The van der Waals surface area contributed by atoms with E-state index >= 15 is 0 Å². The molecule has 1 aromatic heterocycles. The first-order valence-corrected chi connectivity index (χ1v) is 8.59. The third-order valence-electron chi connectivity index (χ3n) is 3.57. The standard InChI is InChI=1S/C12H17NO4S2/c1-2-9-3-5-13(6-4-9)19(16,17)10-7-11(12(14)15)18-8-10/h7-9H,2-6H2,1H3,(H,14,15). The summed E-state index contributed by atoms with van der Waals surface area (Å²) in [5, 5.41) is 10.3. The highest BCUT2D eigenvalue weighted by Gasteiger charge is 2.30. The average Bonchev–Trinajstić information content (AvgIpc) is 2.89. The van der Waals surface area contributed by atoms with E-state index < -0.39 is 16.0 Å². The molecule has 1 fully saturated rings. The van der Waals surface area contributed by atoms with Crippen molar-refractivity contribution in [3.05, 3.63) is 16.3 Å². The van der Waals surface area contributed by atoms with E-state index in [4.69, 9.17) is 5.11 Å². The van der Waals surface area contributed by atoms with Crippen LogP contribution in [0.5, 0.6) is 0 Å². The first-order chi connectivity index (χ1) is 8.95. The largest absolute Gasteiger partial charge is 0.477 e. The van der Waals surface area contributed by atoms with Gasteiger partial charge >= 0.3 is 5.97 Å². The minimum Gasteiger partial charge on any atom is -0.477 e. The molecule has 0 aliphatic carbocycles. The number of nitrogens with zero attached hydrogens (tertiary/aromatic N) is 1. The maximum absolute atomic E-state index is 12.4. The summed E-state index contributed by atoms with van der Waals surface area (Å²) in [5.74, 6) is -0.486. The maximum atomic E-state index is 12.4. The summed E-state index contributed by atoms with van der Waals surface area (Å²) in [6.07, 6.45) is 2.84. The van der Waals surface area contributed by atoms with E-state index in [9.17, 15) is 13.2 Å². The number of carboxylic acids is 1. The van der Waals surface area contributed by atoms with Crippen molar-refractivity contribution < 1.29 is 18.3 Å². The molecule has 1 aliphatic rings. The maximum Gasteiger partial charge on any atom is 0.345 e. The monoisotopic (exact) mass is 303 g/mol. The number of rotatable bonds is 4. The van der Waals surface area contributed by atoms with Crippen molar-refractivity contribution in [3.63, 3.8) is 0 Å². The van der Waals surface area contributed by atoms with Crippen LogP contribution in [-0.4, -0.2) is 36.9 Å². The molecule has 106 valence electrons. The van der Waals surface area contributed by atoms with Crippen molar-refractivity contribution in [2.24, 2.45) is 5.92 Å². The lowest BCUT2D eigenvalue weighted by molar-refractivity contribution is 0.0702. The third-order valence-corrected chi connectivity index (χ3v) is 6.52. The molecule has 0 atom stereocenters. The molecular formula is C12H17NO4S2. The van der Waals surface area contributed by atoms with Gasteiger partial charge in [-0.05, 0) is 24.8 Å². The molecule has 1 N–H and O–H groups in total. The van der Waals surface area contributed by atoms with Crippen LogP contribution in [0.3, 0.4) is 0 Å². The molecule has 0 aromatic carbocycles. The van der Waals surface area contributed by atoms with E-state index in [1.165, 1.54) is 15.8 Å². The van der Waals surface area contributed by atoms with E-state index in [1.807, 2.05) is 0 Å². The third kappa shape index (κ3) is 2.98. The van der Waals surface area contributed by atoms with Crippen LogP contribution in [0.1, 0.15) is 35.9 Å². The second-order valence-corrected chi connectivity index (χ2v) is 7.56. The Labute approximate surface area is 116 Å². The lowest BCUT2D eigenvalue weighted by atomic mass is 9.96. The van der Waals surface area contributed by atoms with Gasteiger partial charge in [-0.1, -0.05) is 13.3 Å². The summed E-state index contributed by atoms with van der Waals surface area (Å²) < 4.78 is 26.2. The van der Waals surface area contributed by atoms with Crippen LogP contribution in [0.25, 0.3) is 0 Å². The van der Waals surface area contributed by atoms with Gasteiger partial charge in [0.2, 0.25) is 10.0 Å². The number of thiophene rings is 1. The van der Waals surface area contributed by atoms with Gasteiger partial charge in [-0.3, -0.25) is 0 Å². The van der Waals surface area contributed by atoms with Crippen molar-refractivity contribution in [3.8, 4) is 0 Å². The van der Waals surface area contributed by atoms with Crippen LogP contribution >= 0.6 is 11.3 Å². The first kappa shape index (κ1) is 14.5. The molecule has 5 nitrogen and oxygen atoms in total. The van der Waals surface area contributed by atoms with E-state index in [2.05, 4.69) is 6.92 Å². The fourth-order valence-corrected chi connectivity index (χ4v) is 4.84. The molecule has 2 heterocycles. The Morgan fingerprint density at radius 3 is 2.58 bits per heavy atom. The predicted octanol–water partition coefficient (Wildman–Crippen LogP) is 2.26. The first-order valence-electron chi connectivity index (χ1n) is 6.27. The number of hydrogen-bond acceptors (Lipinski definition) is 4. The number of hydrogen-bond donors (Lipinski definition) is 1. The van der Waals surface area contributed by atoms with E-state index in [1.54, 1.807) is 0 Å². The van der Waals surface area contributed by atoms with Gasteiger partial charge in [-0.2, -0.15) is 4.31 Å². The van der Waals surface area contributed by atoms with Crippen molar-refractivity contribution in [1.82, 2.24) is 4.31 Å². The Hall–Kier alpha value is -0.920. The molecule has 1 aromatic rings. The van der Waals surface area contributed by atoms with Crippen LogP contribution in [0.2, 0.25) is 0 Å². The van der Waals surface area contributed by atoms with Gasteiger partial charge < -0.3 is 5.11 Å². The topological polar surface area (TPSA) is 74.7 Å². The number of carboxylic acid groups (broad SMARTS) is 1. The smallest absolute Gasteiger partial charge is 0.345 e. The van der Waals surface area contributed by atoms with Crippen LogP contribution in [0.15, 0.2) is 16.3 Å². The summed E-state index contributed by atoms with van der Waals surface area (Å²) >= 11 is 0.948. The van der Waals surface area contributed by atoms with Gasteiger partial charge in [-0.15, -0.1) is 11.3 Å². The number of aromatic carboxylic acids is 1. The highest BCUT2D eigenvalue weighted by atomic mass is 32.2. The molecule has 0 saturated carbocycles. The molecule has 19 heavy (non-hydrogen) atoms. The molecule has 1 aliphatic heterocycles. The summed E-state index contributed by atoms with van der Waals surface area (Å²) in [5.41, 5.74) is 0. The lowest BCUT2D eigenvalue weighted by Gasteiger charge is -2.30. The van der Waals surface area contributed by atoms with Crippen molar-refractivity contribution >= 4 is 27.3 Å². The minimum absolute atomic E-state index is 0.0574. The Bertz CT molecular complexity index is 556. The van der Waals surface area contributed by atoms with Crippen molar-refractivity contribution in [1.29, 1.82) is 0 Å². The van der Waals surface area contributed by atoms with Crippen molar-refractivity contribution in [2.45, 2.75) is 31.1 Å². The number of piperidine rings is 1. The van der Waals surface area contributed by atoms with Crippen LogP contribution in [-0.2, 0) is 10.0 Å². The number of sulfonamides is 1. The van der Waals surface area contributed by atoms with E-state index in [0.717, 1.165) is 30.6 Å². The minimum atomic E-state index is -3.53. The molecule has 2 rings (SSSR count). The molecule has 0 radical (unpaired) electrons.